The van der Waals surface area contributed by atoms with Crippen LogP contribution in [0.5, 0.6) is 11.5 Å². The van der Waals surface area contributed by atoms with Gasteiger partial charge in [-0.05, 0) is 18.2 Å². The van der Waals surface area contributed by atoms with Gasteiger partial charge in [0.2, 0.25) is 6.79 Å². The molecule has 1 aromatic rings. The van der Waals surface area contributed by atoms with Crippen LogP contribution in [-0.4, -0.2) is 6.79 Å². The molecule has 0 atom stereocenters. The molecule has 1 aromatic carbocycles. The van der Waals surface area contributed by atoms with Crippen LogP contribution in [-0.2, 0) is 0 Å². The second-order valence-corrected chi connectivity index (χ2v) is 2.70. The van der Waals surface area contributed by atoms with E-state index in [1.807, 2.05) is 24.3 Å². The molecular weight excluding hydrogens is 178 g/mol. The van der Waals surface area contributed by atoms with Crippen molar-refractivity contribution in [1.29, 1.82) is 5.26 Å². The first kappa shape index (κ1) is 8.47. The van der Waals surface area contributed by atoms with Gasteiger partial charge in [-0.1, -0.05) is 11.8 Å². The second-order valence-electron chi connectivity index (χ2n) is 2.70. The fourth-order valence-electron chi connectivity index (χ4n) is 1.16. The average molecular weight is 185 g/mol. The minimum Gasteiger partial charge on any atom is -0.454 e. The third-order valence-corrected chi connectivity index (χ3v) is 1.77. The van der Waals surface area contributed by atoms with Gasteiger partial charge in [-0.2, -0.15) is 5.26 Å². The van der Waals surface area contributed by atoms with Gasteiger partial charge in [-0.25, -0.2) is 0 Å². The van der Waals surface area contributed by atoms with E-state index in [-0.39, 0.29) is 13.2 Å². The lowest BCUT2D eigenvalue weighted by Gasteiger charge is -1.94. The minimum atomic E-state index is 0.244. The van der Waals surface area contributed by atoms with Crippen molar-refractivity contribution in [3.05, 3.63) is 23.8 Å². The third kappa shape index (κ3) is 1.62. The lowest BCUT2D eigenvalue weighted by Crippen LogP contribution is -1.92. The molecule has 0 aliphatic carbocycles. The van der Waals surface area contributed by atoms with Crippen molar-refractivity contribution in [2.45, 2.75) is 6.42 Å². The number of nitriles is 1. The van der Waals surface area contributed by atoms with Crippen LogP contribution in [0.4, 0.5) is 0 Å². The van der Waals surface area contributed by atoms with E-state index in [0.717, 1.165) is 11.3 Å². The number of rotatable bonds is 0. The molecule has 0 fully saturated rings. The summed E-state index contributed by atoms with van der Waals surface area (Å²) in [7, 11) is 0. The van der Waals surface area contributed by atoms with Crippen molar-refractivity contribution in [1.82, 2.24) is 0 Å². The molecule has 0 aromatic heterocycles. The van der Waals surface area contributed by atoms with E-state index >= 15 is 0 Å². The Kier molecular flexibility index (Phi) is 2.25. The molecule has 3 nitrogen and oxygen atoms in total. The summed E-state index contributed by atoms with van der Waals surface area (Å²) in [5, 5.41) is 8.30. The van der Waals surface area contributed by atoms with Crippen LogP contribution in [0.2, 0.25) is 0 Å². The first-order valence-electron chi connectivity index (χ1n) is 4.15. The molecule has 0 radical (unpaired) electrons. The summed E-state index contributed by atoms with van der Waals surface area (Å²) < 4.78 is 10.3. The van der Waals surface area contributed by atoms with Crippen LogP contribution >= 0.6 is 0 Å². The van der Waals surface area contributed by atoms with Crippen molar-refractivity contribution >= 4 is 0 Å². The van der Waals surface area contributed by atoms with E-state index in [1.165, 1.54) is 0 Å². The highest BCUT2D eigenvalue weighted by atomic mass is 16.7. The number of nitrogens with zero attached hydrogens (tertiary/aromatic N) is 1. The monoisotopic (exact) mass is 185 g/mol. The lowest BCUT2D eigenvalue weighted by atomic mass is 10.2. The molecule has 0 unspecified atom stereocenters. The Balaban J connectivity index is 2.23. The topological polar surface area (TPSA) is 42.2 Å². The van der Waals surface area contributed by atoms with E-state index in [9.17, 15) is 0 Å². The molecule has 1 heterocycles. The van der Waals surface area contributed by atoms with Crippen molar-refractivity contribution < 1.29 is 9.47 Å². The first-order valence-corrected chi connectivity index (χ1v) is 4.15. The van der Waals surface area contributed by atoms with Crippen LogP contribution < -0.4 is 9.47 Å². The Labute approximate surface area is 81.9 Å². The van der Waals surface area contributed by atoms with Crippen LogP contribution in [0.25, 0.3) is 0 Å². The van der Waals surface area contributed by atoms with Crippen LogP contribution in [0.1, 0.15) is 12.0 Å². The molecule has 1 aliphatic heterocycles. The third-order valence-electron chi connectivity index (χ3n) is 1.77. The van der Waals surface area contributed by atoms with Gasteiger partial charge in [0.05, 0.1) is 12.5 Å². The fraction of sp³-hybridized carbons (Fsp3) is 0.182. The molecule has 14 heavy (non-hydrogen) atoms. The summed E-state index contributed by atoms with van der Waals surface area (Å²) in [6, 6.07) is 7.44. The number of hydrogen-bond acceptors (Lipinski definition) is 3. The first-order chi connectivity index (χ1) is 6.90. The summed E-state index contributed by atoms with van der Waals surface area (Å²) in [4.78, 5) is 0. The Morgan fingerprint density at radius 2 is 2.14 bits per heavy atom. The SMILES string of the molecule is N#CCC#Cc1ccc2c(c1)OCO2. The van der Waals surface area contributed by atoms with E-state index in [4.69, 9.17) is 14.7 Å². The molecule has 0 N–H and O–H groups in total. The van der Waals surface area contributed by atoms with Gasteiger partial charge >= 0.3 is 0 Å². The van der Waals surface area contributed by atoms with Crippen molar-refractivity contribution in [3.63, 3.8) is 0 Å². The van der Waals surface area contributed by atoms with Gasteiger partial charge in [0.15, 0.2) is 11.5 Å². The highest BCUT2D eigenvalue weighted by Crippen LogP contribution is 2.32. The number of fused-ring (bicyclic) bond motifs is 1. The van der Waals surface area contributed by atoms with Gasteiger partial charge in [0.1, 0.15) is 0 Å². The largest absolute Gasteiger partial charge is 0.454 e. The standard InChI is InChI=1S/C11H7NO2/c12-6-2-1-3-9-4-5-10-11(7-9)14-8-13-10/h4-5,7H,2,8H2. The zero-order valence-corrected chi connectivity index (χ0v) is 7.41. The smallest absolute Gasteiger partial charge is 0.231 e. The predicted molar refractivity (Wildman–Crippen MR) is 49.7 cm³/mol. The average Bonchev–Trinajstić information content (AvgIpc) is 2.65. The Morgan fingerprint density at radius 1 is 1.29 bits per heavy atom. The normalized spacial score (nSPS) is 11.4. The molecule has 1 aliphatic rings. The second kappa shape index (κ2) is 3.72. The number of ether oxygens (including phenoxy) is 2. The number of benzene rings is 1. The predicted octanol–water partition coefficient (Wildman–Crippen LogP) is 1.68. The Morgan fingerprint density at radius 3 is 3.00 bits per heavy atom. The molecule has 0 saturated carbocycles. The van der Waals surface area contributed by atoms with Gasteiger partial charge in [-0.3, -0.25) is 0 Å². The maximum Gasteiger partial charge on any atom is 0.231 e. The maximum atomic E-state index is 8.30. The molecule has 3 heteroatoms. The van der Waals surface area contributed by atoms with E-state index in [1.54, 1.807) is 0 Å². The molecule has 0 saturated heterocycles. The molecule has 0 amide bonds. The van der Waals surface area contributed by atoms with Crippen LogP contribution in [0.3, 0.4) is 0 Å². The van der Waals surface area contributed by atoms with Gasteiger partial charge in [-0.15, -0.1) is 0 Å². The molecule has 68 valence electrons. The molecular formula is C11H7NO2. The summed E-state index contributed by atoms with van der Waals surface area (Å²) in [6.07, 6.45) is 0.244. The van der Waals surface area contributed by atoms with Gasteiger partial charge < -0.3 is 9.47 Å². The fourth-order valence-corrected chi connectivity index (χ4v) is 1.16. The van der Waals surface area contributed by atoms with E-state index < -0.39 is 0 Å². The quantitative estimate of drug-likeness (QED) is 0.577. The minimum absolute atomic E-state index is 0.244. The van der Waals surface area contributed by atoms with E-state index in [2.05, 4.69) is 11.8 Å². The van der Waals surface area contributed by atoms with Gasteiger partial charge in [0.25, 0.3) is 0 Å². The van der Waals surface area contributed by atoms with E-state index in [0.29, 0.717) is 5.75 Å². The molecule has 0 bridgehead atoms. The zero-order valence-electron chi connectivity index (χ0n) is 7.41. The summed E-state index contributed by atoms with van der Waals surface area (Å²) in [5.74, 6) is 7.06. The summed E-state index contributed by atoms with van der Waals surface area (Å²) in [6.45, 7) is 0.268. The molecule has 0 spiro atoms. The molecule has 2 rings (SSSR count). The summed E-state index contributed by atoms with van der Waals surface area (Å²) >= 11 is 0. The lowest BCUT2D eigenvalue weighted by molar-refractivity contribution is 0.174. The Bertz CT molecular complexity index is 449. The van der Waals surface area contributed by atoms with Crippen molar-refractivity contribution in [3.8, 4) is 29.4 Å². The number of hydrogen-bond donors (Lipinski definition) is 0. The van der Waals surface area contributed by atoms with Crippen LogP contribution in [0.15, 0.2) is 18.2 Å². The van der Waals surface area contributed by atoms with Gasteiger partial charge in [0, 0.05) is 5.56 Å². The maximum absolute atomic E-state index is 8.30. The van der Waals surface area contributed by atoms with Crippen LogP contribution in [0, 0.1) is 23.2 Å². The van der Waals surface area contributed by atoms with Crippen molar-refractivity contribution in [2.75, 3.05) is 6.79 Å². The summed E-state index contributed by atoms with van der Waals surface area (Å²) in [5.41, 5.74) is 0.838. The highest BCUT2D eigenvalue weighted by molar-refractivity contribution is 5.49. The Hall–Kier alpha value is -2.13. The zero-order chi connectivity index (χ0) is 9.80. The highest BCUT2D eigenvalue weighted by Gasteiger charge is 2.12. The van der Waals surface area contributed by atoms with Crippen molar-refractivity contribution in [2.24, 2.45) is 0 Å².